The maximum atomic E-state index is 5.55. The summed E-state index contributed by atoms with van der Waals surface area (Å²) in [5.41, 5.74) is 1.26. The Kier molecular flexibility index (Phi) is 10.9. The van der Waals surface area contributed by atoms with Gasteiger partial charge < -0.3 is 19.7 Å². The topological polar surface area (TPSA) is 46.1 Å². The van der Waals surface area contributed by atoms with E-state index in [1.165, 1.54) is 12.0 Å². The number of rotatable bonds is 11. The molecule has 0 radical (unpaired) electrons. The van der Waals surface area contributed by atoms with Gasteiger partial charge in [0.1, 0.15) is 0 Å². The second kappa shape index (κ2) is 12.9. The molecule has 0 aliphatic heterocycles. The summed E-state index contributed by atoms with van der Waals surface area (Å²) in [4.78, 5) is 6.40. The van der Waals surface area contributed by atoms with Gasteiger partial charge in [0.05, 0.1) is 19.8 Å². The standard InChI is InChI=1S/C18H31N3O2/c1-4-5-12-22-14-15-23-13-11-20-18(19-2)21(3)16-17-9-7-6-8-10-17/h6-10H,4-5,11-16H2,1-3H3,(H,19,20). The van der Waals surface area contributed by atoms with Crippen LogP contribution in [0.4, 0.5) is 0 Å². The third-order valence-corrected chi connectivity index (χ3v) is 3.38. The molecule has 0 unspecified atom stereocenters. The largest absolute Gasteiger partial charge is 0.379 e. The summed E-state index contributed by atoms with van der Waals surface area (Å²) in [6.45, 7) is 6.51. The highest BCUT2D eigenvalue weighted by atomic mass is 16.5. The van der Waals surface area contributed by atoms with Gasteiger partial charge in [0, 0.05) is 33.8 Å². The highest BCUT2D eigenvalue weighted by Gasteiger charge is 2.05. The molecule has 5 nitrogen and oxygen atoms in total. The molecule has 0 atom stereocenters. The summed E-state index contributed by atoms with van der Waals surface area (Å²) in [7, 11) is 3.83. The van der Waals surface area contributed by atoms with Gasteiger partial charge in [0.2, 0.25) is 0 Å². The van der Waals surface area contributed by atoms with E-state index in [2.05, 4.69) is 46.4 Å². The lowest BCUT2D eigenvalue weighted by molar-refractivity contribution is 0.0486. The SMILES string of the molecule is CCCCOCCOCCNC(=NC)N(C)Cc1ccccc1. The molecule has 0 saturated carbocycles. The summed E-state index contributed by atoms with van der Waals surface area (Å²) < 4.78 is 11.0. The number of aliphatic imine (C=N–C) groups is 1. The minimum absolute atomic E-state index is 0.643. The smallest absolute Gasteiger partial charge is 0.193 e. The van der Waals surface area contributed by atoms with Crippen molar-refractivity contribution in [3.05, 3.63) is 35.9 Å². The predicted octanol–water partition coefficient (Wildman–Crippen LogP) is 2.53. The molecule has 0 aliphatic rings. The van der Waals surface area contributed by atoms with E-state index >= 15 is 0 Å². The number of hydrogen-bond donors (Lipinski definition) is 1. The lowest BCUT2D eigenvalue weighted by atomic mass is 10.2. The van der Waals surface area contributed by atoms with Crippen LogP contribution in [-0.2, 0) is 16.0 Å². The molecule has 1 aromatic carbocycles. The fourth-order valence-corrected chi connectivity index (χ4v) is 2.12. The summed E-state index contributed by atoms with van der Waals surface area (Å²) in [6.07, 6.45) is 2.28. The molecule has 1 N–H and O–H groups in total. The van der Waals surface area contributed by atoms with Gasteiger partial charge in [0.25, 0.3) is 0 Å². The van der Waals surface area contributed by atoms with Gasteiger partial charge in [0.15, 0.2) is 5.96 Å². The zero-order valence-corrected chi connectivity index (χ0v) is 14.8. The monoisotopic (exact) mass is 321 g/mol. The maximum absolute atomic E-state index is 5.55. The van der Waals surface area contributed by atoms with Crippen LogP contribution in [0.3, 0.4) is 0 Å². The summed E-state index contributed by atoms with van der Waals surface area (Å²) in [6, 6.07) is 10.4. The Balaban J connectivity index is 2.12. The first-order chi connectivity index (χ1) is 11.3. The van der Waals surface area contributed by atoms with Crippen molar-refractivity contribution in [1.82, 2.24) is 10.2 Å². The molecular formula is C18H31N3O2. The summed E-state index contributed by atoms with van der Waals surface area (Å²) >= 11 is 0. The van der Waals surface area contributed by atoms with Gasteiger partial charge in [-0.1, -0.05) is 43.7 Å². The van der Waals surface area contributed by atoms with Crippen LogP contribution in [0.2, 0.25) is 0 Å². The van der Waals surface area contributed by atoms with Crippen molar-refractivity contribution in [1.29, 1.82) is 0 Å². The number of hydrogen-bond acceptors (Lipinski definition) is 3. The first-order valence-corrected chi connectivity index (χ1v) is 8.39. The highest BCUT2D eigenvalue weighted by molar-refractivity contribution is 5.79. The molecule has 0 aliphatic carbocycles. The van der Waals surface area contributed by atoms with Crippen LogP contribution in [-0.4, -0.2) is 57.9 Å². The fourth-order valence-electron chi connectivity index (χ4n) is 2.12. The minimum Gasteiger partial charge on any atom is -0.379 e. The van der Waals surface area contributed by atoms with Crippen LogP contribution in [0.5, 0.6) is 0 Å². The minimum atomic E-state index is 0.643. The number of guanidine groups is 1. The quantitative estimate of drug-likeness (QED) is 0.386. The Morgan fingerprint density at radius 3 is 2.43 bits per heavy atom. The van der Waals surface area contributed by atoms with Crippen molar-refractivity contribution in [2.75, 3.05) is 47.1 Å². The van der Waals surface area contributed by atoms with Crippen LogP contribution in [0.1, 0.15) is 25.3 Å². The molecule has 23 heavy (non-hydrogen) atoms. The third kappa shape index (κ3) is 9.21. The number of nitrogens with zero attached hydrogens (tertiary/aromatic N) is 2. The van der Waals surface area contributed by atoms with E-state index in [1.54, 1.807) is 7.05 Å². The zero-order valence-electron chi connectivity index (χ0n) is 14.8. The maximum Gasteiger partial charge on any atom is 0.193 e. The summed E-state index contributed by atoms with van der Waals surface area (Å²) in [5.74, 6) is 0.872. The Labute approximate surface area is 140 Å². The van der Waals surface area contributed by atoms with Crippen molar-refractivity contribution >= 4 is 5.96 Å². The third-order valence-electron chi connectivity index (χ3n) is 3.38. The lowest BCUT2D eigenvalue weighted by Crippen LogP contribution is -2.40. The first-order valence-electron chi connectivity index (χ1n) is 8.39. The Morgan fingerprint density at radius 2 is 1.78 bits per heavy atom. The van der Waals surface area contributed by atoms with E-state index in [0.29, 0.717) is 19.8 Å². The summed E-state index contributed by atoms with van der Waals surface area (Å²) in [5, 5.41) is 3.31. The van der Waals surface area contributed by atoms with Gasteiger partial charge in [-0.2, -0.15) is 0 Å². The van der Waals surface area contributed by atoms with Crippen molar-refractivity contribution in [2.45, 2.75) is 26.3 Å². The Bertz CT molecular complexity index is 424. The lowest BCUT2D eigenvalue weighted by Gasteiger charge is -2.22. The fraction of sp³-hybridized carbons (Fsp3) is 0.611. The van der Waals surface area contributed by atoms with Crippen LogP contribution in [0.25, 0.3) is 0 Å². The van der Waals surface area contributed by atoms with E-state index in [9.17, 15) is 0 Å². The van der Waals surface area contributed by atoms with Crippen molar-refractivity contribution in [2.24, 2.45) is 4.99 Å². The number of unbranched alkanes of at least 4 members (excludes halogenated alkanes) is 1. The van der Waals surface area contributed by atoms with Crippen molar-refractivity contribution in [3.63, 3.8) is 0 Å². The average Bonchev–Trinajstić information content (AvgIpc) is 2.57. The van der Waals surface area contributed by atoms with Crippen molar-refractivity contribution < 1.29 is 9.47 Å². The molecule has 130 valence electrons. The van der Waals surface area contributed by atoms with Crippen LogP contribution >= 0.6 is 0 Å². The Hall–Kier alpha value is -1.59. The molecule has 0 spiro atoms. The average molecular weight is 321 g/mol. The number of ether oxygens (including phenoxy) is 2. The van der Waals surface area contributed by atoms with E-state index in [4.69, 9.17) is 9.47 Å². The molecule has 5 heteroatoms. The molecule has 0 fully saturated rings. The van der Waals surface area contributed by atoms with Crippen LogP contribution in [0.15, 0.2) is 35.3 Å². The highest BCUT2D eigenvalue weighted by Crippen LogP contribution is 2.02. The second-order valence-corrected chi connectivity index (χ2v) is 5.39. The molecule has 0 aromatic heterocycles. The molecule has 1 rings (SSSR count). The molecule has 0 bridgehead atoms. The van der Waals surface area contributed by atoms with Crippen LogP contribution in [0, 0.1) is 0 Å². The first kappa shape index (κ1) is 19.5. The molecule has 1 aromatic rings. The second-order valence-electron chi connectivity index (χ2n) is 5.39. The van der Waals surface area contributed by atoms with Crippen LogP contribution < -0.4 is 5.32 Å². The van der Waals surface area contributed by atoms with E-state index < -0.39 is 0 Å². The molecular weight excluding hydrogens is 290 g/mol. The van der Waals surface area contributed by atoms with Gasteiger partial charge in [-0.3, -0.25) is 4.99 Å². The number of benzene rings is 1. The molecule has 0 saturated heterocycles. The predicted molar refractivity (Wildman–Crippen MR) is 95.8 cm³/mol. The normalized spacial score (nSPS) is 11.5. The molecule has 0 heterocycles. The van der Waals surface area contributed by atoms with Gasteiger partial charge in [-0.15, -0.1) is 0 Å². The van der Waals surface area contributed by atoms with E-state index in [-0.39, 0.29) is 0 Å². The Morgan fingerprint density at radius 1 is 1.09 bits per heavy atom. The van der Waals surface area contributed by atoms with Gasteiger partial charge >= 0.3 is 0 Å². The van der Waals surface area contributed by atoms with E-state index in [0.717, 1.165) is 32.1 Å². The van der Waals surface area contributed by atoms with Gasteiger partial charge in [-0.25, -0.2) is 0 Å². The van der Waals surface area contributed by atoms with Crippen molar-refractivity contribution in [3.8, 4) is 0 Å². The number of nitrogens with one attached hydrogen (secondary N) is 1. The van der Waals surface area contributed by atoms with E-state index in [1.807, 2.05) is 13.1 Å². The molecule has 0 amide bonds. The zero-order chi connectivity index (χ0) is 16.8. The van der Waals surface area contributed by atoms with Gasteiger partial charge in [-0.05, 0) is 12.0 Å².